The average molecular weight is 376 g/mol. The van der Waals surface area contributed by atoms with Crippen LogP contribution in [-0.2, 0) is 6.42 Å². The molecule has 1 fully saturated rings. The fourth-order valence-corrected chi connectivity index (χ4v) is 3.91. The molecule has 0 radical (unpaired) electrons. The Labute approximate surface area is 161 Å². The van der Waals surface area contributed by atoms with Crippen molar-refractivity contribution in [2.75, 3.05) is 26.2 Å². The van der Waals surface area contributed by atoms with E-state index in [4.69, 9.17) is 0 Å². The van der Waals surface area contributed by atoms with Crippen LogP contribution in [-0.4, -0.2) is 31.1 Å². The molecule has 1 aliphatic carbocycles. The molecule has 1 aliphatic heterocycles. The highest BCUT2D eigenvalue weighted by Crippen LogP contribution is 2.38. The zero-order valence-corrected chi connectivity index (χ0v) is 15.7. The molecule has 0 spiro atoms. The second-order valence-electron chi connectivity index (χ2n) is 6.41. The lowest BCUT2D eigenvalue weighted by Crippen LogP contribution is -2.45. The monoisotopic (exact) mass is 375 g/mol. The summed E-state index contributed by atoms with van der Waals surface area (Å²) >= 11 is 0. The van der Waals surface area contributed by atoms with Crippen molar-refractivity contribution in [1.82, 2.24) is 10.2 Å². The summed E-state index contributed by atoms with van der Waals surface area (Å²) < 4.78 is 0. The van der Waals surface area contributed by atoms with Crippen LogP contribution in [0.3, 0.4) is 0 Å². The fraction of sp³-hybridized carbons (Fsp3) is 0.350. The molecule has 0 bridgehead atoms. The van der Waals surface area contributed by atoms with E-state index in [0.717, 1.165) is 32.6 Å². The summed E-state index contributed by atoms with van der Waals surface area (Å²) in [5, 5.41) is 12.7. The van der Waals surface area contributed by atoms with Crippen LogP contribution in [0.15, 0.2) is 42.5 Å². The van der Waals surface area contributed by atoms with Gasteiger partial charge in [0.15, 0.2) is 0 Å². The third-order valence-corrected chi connectivity index (χ3v) is 5.08. The third kappa shape index (κ3) is 3.83. The summed E-state index contributed by atoms with van der Waals surface area (Å²) in [5.74, 6) is 0. The van der Waals surface area contributed by atoms with E-state index in [1.807, 2.05) is 0 Å². The van der Waals surface area contributed by atoms with E-state index in [0.29, 0.717) is 6.42 Å². The number of piperazine rings is 1. The maximum Gasteiger partial charge on any atom is 0.0641 e. The summed E-state index contributed by atoms with van der Waals surface area (Å²) in [6.45, 7) is 4.06. The molecule has 1 atom stereocenters. The Morgan fingerprint density at radius 2 is 1.72 bits per heavy atom. The first-order chi connectivity index (χ1) is 11.4. The number of nitriles is 1. The molecule has 1 saturated heterocycles. The van der Waals surface area contributed by atoms with Crippen LogP contribution in [0.4, 0.5) is 0 Å². The molecule has 2 aliphatic rings. The van der Waals surface area contributed by atoms with Crippen molar-refractivity contribution in [3.05, 3.63) is 59.2 Å². The van der Waals surface area contributed by atoms with Gasteiger partial charge in [-0.15, -0.1) is 24.8 Å². The molecule has 2 aromatic carbocycles. The molecule has 3 nitrogen and oxygen atoms in total. The Morgan fingerprint density at radius 3 is 2.48 bits per heavy atom. The van der Waals surface area contributed by atoms with E-state index in [9.17, 15) is 5.26 Å². The number of hydrogen-bond acceptors (Lipinski definition) is 3. The van der Waals surface area contributed by atoms with Crippen LogP contribution < -0.4 is 5.32 Å². The number of nitrogens with one attached hydrogen (secondary N) is 1. The minimum Gasteiger partial charge on any atom is -0.314 e. The maximum atomic E-state index is 9.27. The first-order valence-corrected chi connectivity index (χ1v) is 8.39. The molecule has 2 aromatic rings. The lowest BCUT2D eigenvalue weighted by atomic mass is 9.96. The highest BCUT2D eigenvalue weighted by molar-refractivity contribution is 5.85. The first kappa shape index (κ1) is 19.8. The van der Waals surface area contributed by atoms with Crippen molar-refractivity contribution >= 4 is 24.8 Å². The molecule has 1 N–H and O–H groups in total. The van der Waals surface area contributed by atoms with E-state index in [2.05, 4.69) is 58.8 Å². The first-order valence-electron chi connectivity index (χ1n) is 8.39. The van der Waals surface area contributed by atoms with Crippen molar-refractivity contribution < 1.29 is 0 Å². The predicted molar refractivity (Wildman–Crippen MR) is 107 cm³/mol. The SMILES string of the molecule is Cl.Cl.N#CC[C@@H](c1ccc2c(c1)Cc1ccccc1-2)N1CCNCC1. The average Bonchev–Trinajstić information content (AvgIpc) is 2.98. The molecule has 132 valence electrons. The largest absolute Gasteiger partial charge is 0.314 e. The van der Waals surface area contributed by atoms with Gasteiger partial charge >= 0.3 is 0 Å². The topological polar surface area (TPSA) is 39.1 Å². The van der Waals surface area contributed by atoms with Gasteiger partial charge in [-0.25, -0.2) is 0 Å². The number of fused-ring (bicyclic) bond motifs is 3. The Balaban J connectivity index is 0.00000113. The summed E-state index contributed by atoms with van der Waals surface area (Å²) in [5.41, 5.74) is 6.84. The van der Waals surface area contributed by atoms with E-state index < -0.39 is 0 Å². The quantitative estimate of drug-likeness (QED) is 0.752. The Bertz CT molecular complexity index is 764. The lowest BCUT2D eigenvalue weighted by Gasteiger charge is -2.34. The summed E-state index contributed by atoms with van der Waals surface area (Å²) in [6.07, 6.45) is 1.58. The second kappa shape index (κ2) is 8.69. The van der Waals surface area contributed by atoms with Gasteiger partial charge in [0.25, 0.3) is 0 Å². The smallest absolute Gasteiger partial charge is 0.0641 e. The van der Waals surface area contributed by atoms with Crippen LogP contribution in [0.5, 0.6) is 0 Å². The molecule has 0 aromatic heterocycles. The molecule has 0 saturated carbocycles. The van der Waals surface area contributed by atoms with Crippen LogP contribution in [0.25, 0.3) is 11.1 Å². The van der Waals surface area contributed by atoms with Gasteiger partial charge in [0.05, 0.1) is 12.5 Å². The zero-order valence-electron chi connectivity index (χ0n) is 14.1. The summed E-state index contributed by atoms with van der Waals surface area (Å²) in [4.78, 5) is 2.45. The van der Waals surface area contributed by atoms with Gasteiger partial charge in [0.1, 0.15) is 0 Å². The van der Waals surface area contributed by atoms with Gasteiger partial charge in [0.2, 0.25) is 0 Å². The van der Waals surface area contributed by atoms with Gasteiger partial charge in [-0.2, -0.15) is 5.26 Å². The van der Waals surface area contributed by atoms with E-state index >= 15 is 0 Å². The Kier molecular flexibility index (Phi) is 6.87. The minimum atomic E-state index is 0. The van der Waals surface area contributed by atoms with Crippen LogP contribution in [0.1, 0.15) is 29.2 Å². The second-order valence-corrected chi connectivity index (χ2v) is 6.41. The number of halogens is 2. The molecule has 0 amide bonds. The normalized spacial score (nSPS) is 16.6. The fourth-order valence-electron chi connectivity index (χ4n) is 3.91. The number of nitrogens with zero attached hydrogens (tertiary/aromatic N) is 2. The highest BCUT2D eigenvalue weighted by Gasteiger charge is 2.24. The summed E-state index contributed by atoms with van der Waals surface area (Å²) in [6, 6.07) is 18.1. The van der Waals surface area contributed by atoms with Gasteiger partial charge in [-0.05, 0) is 34.2 Å². The van der Waals surface area contributed by atoms with E-state index in [-0.39, 0.29) is 30.9 Å². The molecular weight excluding hydrogens is 353 g/mol. The lowest BCUT2D eigenvalue weighted by molar-refractivity contribution is 0.175. The van der Waals surface area contributed by atoms with Crippen molar-refractivity contribution in [2.24, 2.45) is 0 Å². The van der Waals surface area contributed by atoms with Gasteiger partial charge < -0.3 is 5.32 Å². The Morgan fingerprint density at radius 1 is 1.00 bits per heavy atom. The van der Waals surface area contributed by atoms with Gasteiger partial charge in [0, 0.05) is 32.2 Å². The zero-order chi connectivity index (χ0) is 15.6. The number of rotatable bonds is 3. The molecule has 5 heteroatoms. The van der Waals surface area contributed by atoms with Gasteiger partial charge in [-0.1, -0.05) is 42.5 Å². The third-order valence-electron chi connectivity index (χ3n) is 5.08. The van der Waals surface area contributed by atoms with E-state index in [1.165, 1.54) is 27.8 Å². The maximum absolute atomic E-state index is 9.27. The molecular formula is C20H23Cl2N3. The molecule has 0 unspecified atom stereocenters. The van der Waals surface area contributed by atoms with Crippen molar-refractivity contribution in [3.63, 3.8) is 0 Å². The van der Waals surface area contributed by atoms with Crippen LogP contribution >= 0.6 is 24.8 Å². The number of hydrogen-bond donors (Lipinski definition) is 1. The minimum absolute atomic E-state index is 0. The molecule has 1 heterocycles. The summed E-state index contributed by atoms with van der Waals surface area (Å²) in [7, 11) is 0. The van der Waals surface area contributed by atoms with Crippen molar-refractivity contribution in [1.29, 1.82) is 5.26 Å². The van der Waals surface area contributed by atoms with Crippen molar-refractivity contribution in [2.45, 2.75) is 18.9 Å². The highest BCUT2D eigenvalue weighted by atomic mass is 35.5. The molecule has 4 rings (SSSR count). The molecule has 25 heavy (non-hydrogen) atoms. The Hall–Kier alpha value is -1.57. The standard InChI is InChI=1S/C20H21N3.2ClH/c21-8-7-20(23-11-9-22-10-12-23)16-5-6-19-17(14-16)13-15-3-1-2-4-18(15)19;;/h1-6,14,20,22H,7,9-13H2;2*1H/t20-;;/m0../s1. The van der Waals surface area contributed by atoms with E-state index in [1.54, 1.807) is 0 Å². The van der Waals surface area contributed by atoms with Gasteiger partial charge in [-0.3, -0.25) is 4.90 Å². The van der Waals surface area contributed by atoms with Crippen molar-refractivity contribution in [3.8, 4) is 17.2 Å². The van der Waals surface area contributed by atoms with Crippen LogP contribution in [0, 0.1) is 11.3 Å². The number of benzene rings is 2. The van der Waals surface area contributed by atoms with Crippen LogP contribution in [0.2, 0.25) is 0 Å². The predicted octanol–water partition coefficient (Wildman–Crippen LogP) is 3.96.